The van der Waals surface area contributed by atoms with Gasteiger partial charge in [0.15, 0.2) is 20.1 Å². The Labute approximate surface area is 216 Å². The Bertz CT molecular complexity index is 1280. The topological polar surface area (TPSA) is 160 Å². The highest BCUT2D eigenvalue weighted by molar-refractivity contribution is 7.30. The monoisotopic (exact) mass is 547 g/mol. The van der Waals surface area contributed by atoms with Crippen LogP contribution in [0.25, 0.3) is 5.65 Å². The van der Waals surface area contributed by atoms with E-state index >= 15 is 0 Å². The molecule has 1 fully saturated rings. The smallest absolute Gasteiger partial charge is 0.488 e. The van der Waals surface area contributed by atoms with E-state index in [1.165, 1.54) is 17.0 Å². The third kappa shape index (κ3) is 5.63. The molecule has 1 aliphatic heterocycles. The van der Waals surface area contributed by atoms with Gasteiger partial charge in [0, 0.05) is 11.1 Å². The van der Waals surface area contributed by atoms with E-state index in [1.54, 1.807) is 24.3 Å². The fourth-order valence-electron chi connectivity index (χ4n) is 3.88. The van der Waals surface area contributed by atoms with Gasteiger partial charge in [0.05, 0.1) is 12.8 Å². The van der Waals surface area contributed by atoms with E-state index in [2.05, 4.69) is 41.2 Å². The van der Waals surface area contributed by atoms with E-state index in [-0.39, 0.29) is 16.9 Å². The van der Waals surface area contributed by atoms with Gasteiger partial charge in [0.1, 0.15) is 24.6 Å². The summed E-state index contributed by atoms with van der Waals surface area (Å²) in [5.74, 6) is -0.235. The zero-order valence-corrected chi connectivity index (χ0v) is 23.1. The van der Waals surface area contributed by atoms with Crippen LogP contribution in [0.4, 0.5) is 5.95 Å². The molecule has 0 spiro atoms. The van der Waals surface area contributed by atoms with Crippen molar-refractivity contribution < 1.29 is 33.0 Å². The molecule has 37 heavy (non-hydrogen) atoms. The van der Waals surface area contributed by atoms with Gasteiger partial charge >= 0.3 is 8.25 Å². The number of nitrogens with one attached hydrogen (secondary N) is 1. The van der Waals surface area contributed by atoms with Crippen molar-refractivity contribution in [3.8, 4) is 0 Å². The van der Waals surface area contributed by atoms with Crippen molar-refractivity contribution >= 4 is 34.1 Å². The number of rotatable bonds is 8. The number of aromatic nitrogens is 4. The molecule has 2 N–H and O–H groups in total. The number of ether oxygens (including phenoxy) is 1. The average Bonchev–Trinajstić information content (AvgIpc) is 3.40. The molecule has 3 aromatic rings. The van der Waals surface area contributed by atoms with Gasteiger partial charge in [-0.2, -0.15) is 9.61 Å². The predicted molar refractivity (Wildman–Crippen MR) is 134 cm³/mol. The average molecular weight is 548 g/mol. The molecule has 3 heterocycles. The maximum absolute atomic E-state index is 12.7. The van der Waals surface area contributed by atoms with E-state index in [1.807, 2.05) is 19.2 Å². The lowest BCUT2D eigenvalue weighted by atomic mass is 10.0. The summed E-state index contributed by atoms with van der Waals surface area (Å²) in [5.41, 5.74) is 1.25. The fourth-order valence-corrected chi connectivity index (χ4v) is 5.62. The summed E-state index contributed by atoms with van der Waals surface area (Å²) in [7, 11) is -5.69. The van der Waals surface area contributed by atoms with E-state index in [0.717, 1.165) is 0 Å². The second-order valence-corrected chi connectivity index (χ2v) is 15.7. The van der Waals surface area contributed by atoms with Crippen LogP contribution in [-0.4, -0.2) is 63.8 Å². The number of benzene rings is 1. The van der Waals surface area contributed by atoms with Crippen LogP contribution in [0.1, 0.15) is 42.8 Å². The molecule has 0 saturated carbocycles. The molecule has 2 aromatic heterocycles. The van der Waals surface area contributed by atoms with Crippen LogP contribution in [0.15, 0.2) is 42.9 Å². The van der Waals surface area contributed by atoms with E-state index in [0.29, 0.717) is 16.8 Å². The van der Waals surface area contributed by atoms with Crippen molar-refractivity contribution in [2.45, 2.75) is 63.3 Å². The Morgan fingerprint density at radius 2 is 1.95 bits per heavy atom. The molecule has 12 nitrogen and oxygen atoms in total. The Balaban J connectivity index is 1.72. The van der Waals surface area contributed by atoms with Crippen LogP contribution >= 0.6 is 8.25 Å². The maximum atomic E-state index is 12.7. The van der Waals surface area contributed by atoms with Crippen molar-refractivity contribution in [1.82, 2.24) is 19.6 Å². The van der Waals surface area contributed by atoms with Crippen LogP contribution in [-0.2, 0) is 18.3 Å². The van der Waals surface area contributed by atoms with Gasteiger partial charge in [-0.05, 0) is 34.8 Å². The quantitative estimate of drug-likeness (QED) is 0.317. The highest BCUT2D eigenvalue weighted by atomic mass is 31.1. The first-order valence-corrected chi connectivity index (χ1v) is 15.7. The lowest BCUT2D eigenvalue weighted by Crippen LogP contribution is -2.48. The van der Waals surface area contributed by atoms with Crippen LogP contribution in [0.3, 0.4) is 0 Å². The number of nitrogens with zero attached hydrogens (tertiary/aromatic N) is 4. The predicted octanol–water partition coefficient (Wildman–Crippen LogP) is 2.60. The molecule has 2 unspecified atom stereocenters. The number of hydrogen-bond acceptors (Lipinski definition) is 10. The molecule has 198 valence electrons. The molecule has 1 saturated heterocycles. The molecule has 0 radical (unpaired) electrons. The summed E-state index contributed by atoms with van der Waals surface area (Å²) in [6.07, 6.45) is -0.956. The summed E-state index contributed by atoms with van der Waals surface area (Å²) in [6.45, 7) is 9.75. The number of hydrogen-bond donors (Lipinski definition) is 2. The van der Waals surface area contributed by atoms with Crippen LogP contribution in [0, 0.1) is 0 Å². The number of carbonyl (C=O) groups is 1. The number of carbonyl (C=O) groups excluding carboxylic acids is 1. The fraction of sp³-hybridized carbons (Fsp3) is 0.478. The second kappa shape index (κ2) is 10.6. The molecular weight excluding hydrogens is 517 g/mol. The normalized spacial score (nSPS) is 22.8. The zero-order chi connectivity index (χ0) is 27.0. The van der Waals surface area contributed by atoms with Crippen LogP contribution < -0.4 is 10.2 Å². The number of aliphatic hydroxyl groups excluding tert-OH is 1. The van der Waals surface area contributed by atoms with Crippen molar-refractivity contribution in [3.63, 3.8) is 0 Å². The minimum atomic E-state index is -3.24. The van der Waals surface area contributed by atoms with Crippen molar-refractivity contribution in [2.24, 2.45) is 0 Å². The highest BCUT2D eigenvalue weighted by Gasteiger charge is 2.54. The van der Waals surface area contributed by atoms with Gasteiger partial charge in [0.25, 0.3) is 5.91 Å². The van der Waals surface area contributed by atoms with Gasteiger partial charge in [0.2, 0.25) is 5.95 Å². The highest BCUT2D eigenvalue weighted by Crippen LogP contribution is 2.45. The Morgan fingerprint density at radius 3 is 2.57 bits per heavy atom. The zero-order valence-electron chi connectivity index (χ0n) is 21.2. The Kier molecular flexibility index (Phi) is 7.86. The minimum Gasteiger partial charge on any atom is -0.566 e. The number of aliphatic hydroxyl groups is 1. The van der Waals surface area contributed by atoms with Crippen molar-refractivity contribution in [3.05, 3.63) is 54.0 Å². The van der Waals surface area contributed by atoms with Crippen LogP contribution in [0.5, 0.6) is 0 Å². The number of fused-ring (bicyclic) bond motifs is 1. The third-order valence-electron chi connectivity index (χ3n) is 6.83. The molecule has 0 bridgehead atoms. The Hall–Kier alpha value is -2.64. The summed E-state index contributed by atoms with van der Waals surface area (Å²) < 4.78 is 30.8. The minimum absolute atomic E-state index is 0.138. The van der Waals surface area contributed by atoms with E-state index in [4.69, 9.17) is 13.7 Å². The first-order valence-electron chi connectivity index (χ1n) is 11.7. The van der Waals surface area contributed by atoms with E-state index < -0.39 is 47.6 Å². The summed E-state index contributed by atoms with van der Waals surface area (Å²) >= 11 is 0. The summed E-state index contributed by atoms with van der Waals surface area (Å²) in [5, 5.41) is 16.9. The standard InChI is InChI=1S/C23H30N5O7PSi/c1-23(2,3)37(4,5)35-19-17(33-16(12-29)18(19)34-36(31)32)15-11-26-28-20(15)24-13-25-22(28)27-21(30)14-9-7-6-8-10-14/h6-11,13,16-19,29H,12H2,1-5H3,(H,24,25,27,30)/t16-,17+,18?,19-/m1/s1. The maximum Gasteiger partial charge on any atom is 0.488 e. The molecule has 1 aliphatic rings. The molecule has 4 rings (SSSR count). The van der Waals surface area contributed by atoms with Crippen LogP contribution in [0.2, 0.25) is 18.1 Å². The molecule has 5 atom stereocenters. The molecular formula is C23H30N5O7PSi. The summed E-state index contributed by atoms with van der Waals surface area (Å²) in [4.78, 5) is 32.7. The number of anilines is 1. The largest absolute Gasteiger partial charge is 0.566 e. The van der Waals surface area contributed by atoms with Gasteiger partial charge in [-0.25, -0.2) is 9.97 Å². The Morgan fingerprint density at radius 1 is 1.24 bits per heavy atom. The third-order valence-corrected chi connectivity index (χ3v) is 11.7. The van der Waals surface area contributed by atoms with E-state index in [9.17, 15) is 19.4 Å². The van der Waals surface area contributed by atoms with Gasteiger partial charge in [-0.15, -0.1) is 4.52 Å². The lowest BCUT2D eigenvalue weighted by Gasteiger charge is -2.39. The van der Waals surface area contributed by atoms with Gasteiger partial charge < -0.3 is 19.2 Å². The lowest BCUT2D eigenvalue weighted by molar-refractivity contribution is -0.193. The van der Waals surface area contributed by atoms with Gasteiger partial charge in [-0.3, -0.25) is 10.1 Å². The summed E-state index contributed by atoms with van der Waals surface area (Å²) in [6, 6.07) is 8.66. The van der Waals surface area contributed by atoms with Gasteiger partial charge in [-0.1, -0.05) is 39.0 Å². The second-order valence-electron chi connectivity index (χ2n) is 10.3. The van der Waals surface area contributed by atoms with Crippen molar-refractivity contribution in [1.29, 1.82) is 0 Å². The SMILES string of the molecule is CC(C)(C)[Si](C)(C)O[C@H]1C(O[P+](=O)[O-])[C@@H](CO)O[C@H]1c1cnn2c(NC(=O)c3ccccc3)ncnc12. The molecule has 1 aromatic carbocycles. The first-order chi connectivity index (χ1) is 17.4. The van der Waals surface area contributed by atoms with Crippen molar-refractivity contribution in [2.75, 3.05) is 11.9 Å². The number of amides is 1. The molecule has 0 aliphatic carbocycles. The molecule has 1 amide bonds. The molecule has 14 heteroatoms. The first kappa shape index (κ1) is 27.4.